The molecule has 0 radical (unpaired) electrons. The summed E-state index contributed by atoms with van der Waals surface area (Å²) >= 11 is 0. The summed E-state index contributed by atoms with van der Waals surface area (Å²) in [6.45, 7) is 2.15. The molecule has 2 N–H and O–H groups in total. The van der Waals surface area contributed by atoms with Gasteiger partial charge < -0.3 is 19.5 Å². The van der Waals surface area contributed by atoms with Gasteiger partial charge in [-0.25, -0.2) is 13.1 Å². The van der Waals surface area contributed by atoms with Gasteiger partial charge in [-0.1, -0.05) is 29.8 Å². The van der Waals surface area contributed by atoms with E-state index in [1.165, 1.54) is 13.1 Å². The van der Waals surface area contributed by atoms with Crippen LogP contribution in [0.25, 0.3) is 5.57 Å². The molecule has 9 heteroatoms. The minimum atomic E-state index is -3.67. The molecule has 36 heavy (non-hydrogen) atoms. The molecule has 8 nitrogen and oxygen atoms in total. The minimum absolute atomic E-state index is 0.124. The SMILES string of the molecule is CNS(=O)(=O)c1ccc2c(c1)C(C1C(C)=C(c3cc(OC)c4c(c3)OCO4)c3ccccc31)C(=O)N2. The van der Waals surface area contributed by atoms with Crippen LogP contribution in [0.15, 0.2) is 65.1 Å². The molecule has 2 heterocycles. The molecule has 6 rings (SSSR count). The Morgan fingerprint density at radius 3 is 2.61 bits per heavy atom. The molecule has 0 saturated heterocycles. The Bertz CT molecular complexity index is 1580. The Balaban J connectivity index is 1.54. The summed E-state index contributed by atoms with van der Waals surface area (Å²) in [5.74, 6) is 0.740. The van der Waals surface area contributed by atoms with Crippen LogP contribution in [0.5, 0.6) is 17.2 Å². The lowest BCUT2D eigenvalue weighted by atomic mass is 9.80. The van der Waals surface area contributed by atoms with Crippen LogP contribution in [0.4, 0.5) is 5.69 Å². The first-order chi connectivity index (χ1) is 17.3. The molecular weight excluding hydrogens is 480 g/mol. The highest BCUT2D eigenvalue weighted by molar-refractivity contribution is 7.89. The van der Waals surface area contributed by atoms with Crippen LogP contribution in [-0.2, 0) is 14.8 Å². The summed E-state index contributed by atoms with van der Waals surface area (Å²) in [5, 5.41) is 2.95. The van der Waals surface area contributed by atoms with Gasteiger partial charge in [0.05, 0.1) is 17.9 Å². The third kappa shape index (κ3) is 3.23. The Morgan fingerprint density at radius 1 is 1.03 bits per heavy atom. The van der Waals surface area contributed by atoms with E-state index in [1.54, 1.807) is 19.2 Å². The van der Waals surface area contributed by atoms with Crippen molar-refractivity contribution in [1.82, 2.24) is 4.72 Å². The van der Waals surface area contributed by atoms with Crippen molar-refractivity contribution in [2.24, 2.45) is 0 Å². The van der Waals surface area contributed by atoms with Crippen molar-refractivity contribution in [2.75, 3.05) is 26.3 Å². The smallest absolute Gasteiger partial charge is 0.240 e. The predicted octanol–water partition coefficient (Wildman–Crippen LogP) is 3.99. The van der Waals surface area contributed by atoms with E-state index in [0.717, 1.165) is 27.8 Å². The van der Waals surface area contributed by atoms with Crippen LogP contribution in [-0.4, -0.2) is 35.3 Å². The number of carbonyl (C=O) groups excluding carboxylic acids is 1. The van der Waals surface area contributed by atoms with Gasteiger partial charge in [-0.3, -0.25) is 4.79 Å². The van der Waals surface area contributed by atoms with Gasteiger partial charge in [-0.2, -0.15) is 0 Å². The van der Waals surface area contributed by atoms with Crippen molar-refractivity contribution in [3.63, 3.8) is 0 Å². The Kier molecular flexibility index (Phi) is 5.10. The van der Waals surface area contributed by atoms with E-state index < -0.39 is 15.9 Å². The first-order valence-corrected chi connectivity index (χ1v) is 13.0. The van der Waals surface area contributed by atoms with Gasteiger partial charge in [0.1, 0.15) is 0 Å². The number of benzene rings is 3. The monoisotopic (exact) mass is 504 g/mol. The second kappa shape index (κ2) is 8.11. The second-order valence-corrected chi connectivity index (χ2v) is 10.8. The van der Waals surface area contributed by atoms with Crippen LogP contribution in [0.2, 0.25) is 0 Å². The molecule has 0 aromatic heterocycles. The lowest BCUT2D eigenvalue weighted by Gasteiger charge is -2.21. The van der Waals surface area contributed by atoms with Crippen molar-refractivity contribution < 1.29 is 27.4 Å². The number of allylic oxidation sites excluding steroid dienone is 1. The van der Waals surface area contributed by atoms with Crippen LogP contribution < -0.4 is 24.2 Å². The van der Waals surface area contributed by atoms with Gasteiger partial charge >= 0.3 is 0 Å². The highest BCUT2D eigenvalue weighted by atomic mass is 32.2. The van der Waals surface area contributed by atoms with Crippen molar-refractivity contribution in [2.45, 2.75) is 23.7 Å². The van der Waals surface area contributed by atoms with Crippen molar-refractivity contribution >= 4 is 27.2 Å². The third-order valence-electron chi connectivity index (χ3n) is 7.18. The van der Waals surface area contributed by atoms with Gasteiger partial charge in [0.15, 0.2) is 11.5 Å². The average Bonchev–Trinajstić information content (AvgIpc) is 3.55. The maximum absolute atomic E-state index is 13.3. The lowest BCUT2D eigenvalue weighted by Crippen LogP contribution is -2.20. The van der Waals surface area contributed by atoms with Gasteiger partial charge in [0.25, 0.3) is 0 Å². The molecule has 1 aliphatic carbocycles. The minimum Gasteiger partial charge on any atom is -0.493 e. The summed E-state index contributed by atoms with van der Waals surface area (Å²) in [6, 6.07) is 16.6. The first-order valence-electron chi connectivity index (χ1n) is 11.5. The van der Waals surface area contributed by atoms with E-state index in [4.69, 9.17) is 14.2 Å². The fraction of sp³-hybridized carbons (Fsp3) is 0.222. The van der Waals surface area contributed by atoms with E-state index in [9.17, 15) is 13.2 Å². The zero-order valence-corrected chi connectivity index (χ0v) is 20.7. The van der Waals surface area contributed by atoms with Crippen molar-refractivity contribution in [1.29, 1.82) is 0 Å². The molecule has 2 unspecified atom stereocenters. The number of carbonyl (C=O) groups is 1. The maximum atomic E-state index is 13.3. The maximum Gasteiger partial charge on any atom is 0.240 e. The number of methoxy groups -OCH3 is 1. The van der Waals surface area contributed by atoms with Crippen molar-refractivity contribution in [3.05, 3.63) is 82.4 Å². The highest BCUT2D eigenvalue weighted by Gasteiger charge is 2.43. The number of fused-ring (bicyclic) bond motifs is 3. The summed E-state index contributed by atoms with van der Waals surface area (Å²) in [5.41, 5.74) is 6.22. The summed E-state index contributed by atoms with van der Waals surface area (Å²) in [4.78, 5) is 13.5. The molecule has 3 aromatic rings. The Hall–Kier alpha value is -3.82. The van der Waals surface area contributed by atoms with Crippen LogP contribution >= 0.6 is 0 Å². The van der Waals surface area contributed by atoms with Crippen LogP contribution in [0.3, 0.4) is 0 Å². The number of hydrogen-bond acceptors (Lipinski definition) is 6. The number of ether oxygens (including phenoxy) is 3. The van der Waals surface area contributed by atoms with E-state index in [1.807, 2.05) is 43.3 Å². The molecule has 3 aliphatic rings. The van der Waals surface area contributed by atoms with Gasteiger partial charge in [-0.05, 0) is 72.1 Å². The summed E-state index contributed by atoms with van der Waals surface area (Å²) in [7, 11) is -0.708. The summed E-state index contributed by atoms with van der Waals surface area (Å²) in [6.07, 6.45) is 0. The molecular formula is C27H24N2O6S. The lowest BCUT2D eigenvalue weighted by molar-refractivity contribution is -0.117. The quantitative estimate of drug-likeness (QED) is 0.545. The van der Waals surface area contributed by atoms with E-state index >= 15 is 0 Å². The number of amides is 1. The molecule has 0 spiro atoms. The Labute approximate surface area is 208 Å². The fourth-order valence-electron chi connectivity index (χ4n) is 5.56. The van der Waals surface area contributed by atoms with Crippen molar-refractivity contribution in [3.8, 4) is 17.2 Å². The van der Waals surface area contributed by atoms with Crippen LogP contribution in [0, 0.1) is 0 Å². The predicted molar refractivity (Wildman–Crippen MR) is 134 cm³/mol. The fourth-order valence-corrected chi connectivity index (χ4v) is 6.33. The molecule has 2 aliphatic heterocycles. The zero-order chi connectivity index (χ0) is 25.2. The topological polar surface area (TPSA) is 103 Å². The highest BCUT2D eigenvalue weighted by Crippen LogP contribution is 2.55. The number of anilines is 1. The van der Waals surface area contributed by atoms with Gasteiger partial charge in [0, 0.05) is 11.6 Å². The number of hydrogen-bond donors (Lipinski definition) is 2. The molecule has 1 amide bonds. The number of nitrogens with one attached hydrogen (secondary N) is 2. The molecule has 0 bridgehead atoms. The number of rotatable bonds is 5. The van der Waals surface area contributed by atoms with E-state index in [-0.39, 0.29) is 23.5 Å². The molecule has 0 fully saturated rings. The van der Waals surface area contributed by atoms with E-state index in [2.05, 4.69) is 10.0 Å². The third-order valence-corrected chi connectivity index (χ3v) is 8.60. The Morgan fingerprint density at radius 2 is 1.83 bits per heavy atom. The van der Waals surface area contributed by atoms with Gasteiger partial charge in [-0.15, -0.1) is 0 Å². The largest absolute Gasteiger partial charge is 0.493 e. The average molecular weight is 505 g/mol. The molecule has 2 atom stereocenters. The number of sulfonamides is 1. The van der Waals surface area contributed by atoms with Gasteiger partial charge in [0.2, 0.25) is 28.5 Å². The zero-order valence-electron chi connectivity index (χ0n) is 19.9. The standard InChI is InChI=1S/C27H24N2O6S/c1-14-23(15-10-21(33-3)26-22(11-15)34-13-35-26)17-6-4-5-7-18(17)24(14)25-19-12-16(36(31,32)28-2)8-9-20(19)29-27(25)30/h4-12,24-25,28H,13H2,1-3H3,(H,29,30). The van der Waals surface area contributed by atoms with E-state index in [0.29, 0.717) is 28.5 Å². The second-order valence-electron chi connectivity index (χ2n) is 8.96. The normalized spacial score (nSPS) is 19.8. The van der Waals surface area contributed by atoms with Crippen LogP contribution in [0.1, 0.15) is 41.0 Å². The summed E-state index contributed by atoms with van der Waals surface area (Å²) < 4.78 is 44.2. The first kappa shape index (κ1) is 22.6. The molecule has 184 valence electrons. The molecule has 3 aromatic carbocycles. The molecule has 0 saturated carbocycles.